The van der Waals surface area contributed by atoms with Gasteiger partial charge in [-0.25, -0.2) is 8.42 Å². The van der Waals surface area contributed by atoms with Gasteiger partial charge < -0.3 is 10.6 Å². The molecule has 1 aliphatic rings. The zero-order chi connectivity index (χ0) is 14.6. The van der Waals surface area contributed by atoms with Gasteiger partial charge in [0.05, 0.1) is 4.90 Å². The Hall–Kier alpha value is -1.40. The van der Waals surface area contributed by atoms with E-state index in [4.69, 9.17) is 0 Å². The summed E-state index contributed by atoms with van der Waals surface area (Å²) >= 11 is 0. The molecular weight excluding hydrogens is 276 g/mol. The highest BCUT2D eigenvalue weighted by molar-refractivity contribution is 7.90. The van der Waals surface area contributed by atoms with Crippen molar-refractivity contribution in [2.24, 2.45) is 5.92 Å². The van der Waals surface area contributed by atoms with Gasteiger partial charge in [-0.15, -0.1) is 0 Å². The lowest BCUT2D eigenvalue weighted by molar-refractivity contribution is 0.0951. The van der Waals surface area contributed by atoms with Crippen molar-refractivity contribution in [2.75, 3.05) is 25.9 Å². The van der Waals surface area contributed by atoms with Gasteiger partial charge in [-0.1, -0.05) is 0 Å². The number of benzene rings is 1. The van der Waals surface area contributed by atoms with Crippen LogP contribution in [0.3, 0.4) is 0 Å². The van der Waals surface area contributed by atoms with E-state index in [9.17, 15) is 13.2 Å². The molecule has 1 unspecified atom stereocenters. The number of hydrogen-bond acceptors (Lipinski definition) is 4. The highest BCUT2D eigenvalue weighted by Gasteiger charge is 2.14. The zero-order valence-corrected chi connectivity index (χ0v) is 12.4. The van der Waals surface area contributed by atoms with Crippen LogP contribution >= 0.6 is 0 Å². The first-order chi connectivity index (χ1) is 9.47. The van der Waals surface area contributed by atoms with Crippen LogP contribution in [-0.4, -0.2) is 40.2 Å². The minimum atomic E-state index is -3.21. The third-order valence-corrected chi connectivity index (χ3v) is 4.67. The Kier molecular flexibility index (Phi) is 4.77. The summed E-state index contributed by atoms with van der Waals surface area (Å²) in [4.78, 5) is 12.1. The van der Waals surface area contributed by atoms with Gasteiger partial charge in [0.25, 0.3) is 5.91 Å². The molecule has 0 saturated carbocycles. The lowest BCUT2D eigenvalue weighted by atomic mass is 10.1. The monoisotopic (exact) mass is 296 g/mol. The summed E-state index contributed by atoms with van der Waals surface area (Å²) in [6.45, 7) is 2.74. The van der Waals surface area contributed by atoms with Crippen molar-refractivity contribution in [3.63, 3.8) is 0 Å². The molecule has 0 aromatic heterocycles. The molecule has 2 rings (SSSR count). The molecule has 1 amide bonds. The smallest absolute Gasteiger partial charge is 0.251 e. The molecule has 1 aliphatic heterocycles. The molecule has 2 N–H and O–H groups in total. The summed E-state index contributed by atoms with van der Waals surface area (Å²) in [7, 11) is -3.21. The van der Waals surface area contributed by atoms with Crippen LogP contribution in [0.1, 0.15) is 23.2 Å². The number of carbonyl (C=O) groups excluding carboxylic acids is 1. The van der Waals surface area contributed by atoms with E-state index < -0.39 is 9.84 Å². The maximum atomic E-state index is 11.9. The highest BCUT2D eigenvalue weighted by Crippen LogP contribution is 2.12. The van der Waals surface area contributed by atoms with E-state index in [2.05, 4.69) is 10.6 Å². The molecule has 1 aromatic rings. The number of rotatable bonds is 5. The third-order valence-electron chi connectivity index (χ3n) is 3.55. The van der Waals surface area contributed by atoms with Crippen LogP contribution in [0.4, 0.5) is 0 Å². The van der Waals surface area contributed by atoms with Gasteiger partial charge in [0.1, 0.15) is 0 Å². The number of hydrogen-bond donors (Lipinski definition) is 2. The van der Waals surface area contributed by atoms with Gasteiger partial charge in [-0.05, 0) is 56.1 Å². The van der Waals surface area contributed by atoms with Crippen molar-refractivity contribution in [3.05, 3.63) is 29.8 Å². The van der Waals surface area contributed by atoms with Crippen molar-refractivity contribution in [2.45, 2.75) is 17.7 Å². The average molecular weight is 296 g/mol. The molecule has 0 bridgehead atoms. The molecule has 1 atom stereocenters. The van der Waals surface area contributed by atoms with Gasteiger partial charge in [0.15, 0.2) is 9.84 Å². The number of nitrogens with one attached hydrogen (secondary N) is 2. The van der Waals surface area contributed by atoms with Crippen LogP contribution in [-0.2, 0) is 9.84 Å². The topological polar surface area (TPSA) is 75.3 Å². The molecule has 5 nitrogen and oxygen atoms in total. The summed E-state index contributed by atoms with van der Waals surface area (Å²) in [5, 5.41) is 6.16. The molecule has 1 heterocycles. The lowest BCUT2D eigenvalue weighted by Gasteiger charge is -2.09. The van der Waals surface area contributed by atoms with E-state index in [-0.39, 0.29) is 10.8 Å². The second kappa shape index (κ2) is 6.37. The SMILES string of the molecule is CS(=O)(=O)c1ccc(C(=O)NCCC2CCNC2)cc1. The first kappa shape index (κ1) is 15.0. The van der Waals surface area contributed by atoms with Crippen molar-refractivity contribution in [3.8, 4) is 0 Å². The Bertz CT molecular complexity index is 561. The maximum Gasteiger partial charge on any atom is 0.251 e. The Morgan fingerprint density at radius 3 is 2.60 bits per heavy atom. The minimum absolute atomic E-state index is 0.156. The molecule has 0 aliphatic carbocycles. The zero-order valence-electron chi connectivity index (χ0n) is 11.6. The summed E-state index contributed by atoms with van der Waals surface area (Å²) in [5.74, 6) is 0.485. The predicted molar refractivity (Wildman–Crippen MR) is 77.5 cm³/mol. The quantitative estimate of drug-likeness (QED) is 0.843. The Morgan fingerprint density at radius 2 is 2.05 bits per heavy atom. The molecule has 1 aromatic carbocycles. The van der Waals surface area contributed by atoms with Crippen molar-refractivity contribution in [1.82, 2.24) is 10.6 Å². The Balaban J connectivity index is 1.85. The lowest BCUT2D eigenvalue weighted by Crippen LogP contribution is -2.26. The first-order valence-corrected chi connectivity index (χ1v) is 8.65. The fourth-order valence-corrected chi connectivity index (χ4v) is 2.94. The third kappa shape index (κ3) is 4.05. The predicted octanol–water partition coefficient (Wildman–Crippen LogP) is 0.819. The van der Waals surface area contributed by atoms with Crippen LogP contribution < -0.4 is 10.6 Å². The standard InChI is InChI=1S/C14H20N2O3S/c1-20(18,19)13-4-2-12(3-5-13)14(17)16-9-7-11-6-8-15-10-11/h2-5,11,15H,6-10H2,1H3,(H,16,17). The Morgan fingerprint density at radius 1 is 1.35 bits per heavy atom. The highest BCUT2D eigenvalue weighted by atomic mass is 32.2. The second-order valence-electron chi connectivity index (χ2n) is 5.20. The van der Waals surface area contributed by atoms with Crippen LogP contribution in [0, 0.1) is 5.92 Å². The molecule has 110 valence electrons. The average Bonchev–Trinajstić information content (AvgIpc) is 2.91. The van der Waals surface area contributed by atoms with Crippen LogP contribution in [0.25, 0.3) is 0 Å². The van der Waals surface area contributed by atoms with E-state index >= 15 is 0 Å². The Labute approximate surface area is 119 Å². The van der Waals surface area contributed by atoms with Gasteiger partial charge in [0.2, 0.25) is 0 Å². The second-order valence-corrected chi connectivity index (χ2v) is 7.22. The van der Waals surface area contributed by atoms with Crippen molar-refractivity contribution >= 4 is 15.7 Å². The molecule has 1 saturated heterocycles. The van der Waals surface area contributed by atoms with Gasteiger partial charge >= 0.3 is 0 Å². The van der Waals surface area contributed by atoms with Crippen molar-refractivity contribution < 1.29 is 13.2 Å². The number of carbonyl (C=O) groups is 1. The minimum Gasteiger partial charge on any atom is -0.352 e. The van der Waals surface area contributed by atoms with Crippen LogP contribution in [0.5, 0.6) is 0 Å². The van der Waals surface area contributed by atoms with Gasteiger partial charge in [-0.2, -0.15) is 0 Å². The normalized spacial score (nSPS) is 18.9. The first-order valence-electron chi connectivity index (χ1n) is 6.76. The van der Waals surface area contributed by atoms with Crippen LogP contribution in [0.2, 0.25) is 0 Å². The molecule has 1 fully saturated rings. The maximum absolute atomic E-state index is 11.9. The summed E-state index contributed by atoms with van der Waals surface area (Å²) in [6.07, 6.45) is 3.29. The molecule has 0 spiro atoms. The fraction of sp³-hybridized carbons (Fsp3) is 0.500. The number of sulfone groups is 1. The molecule has 6 heteroatoms. The van der Waals surface area contributed by atoms with E-state index in [0.717, 1.165) is 25.8 Å². The summed E-state index contributed by atoms with van der Waals surface area (Å²) < 4.78 is 22.7. The van der Waals surface area contributed by atoms with Gasteiger partial charge in [-0.3, -0.25) is 4.79 Å². The molecular formula is C14H20N2O3S. The van der Waals surface area contributed by atoms with Crippen LogP contribution in [0.15, 0.2) is 29.2 Å². The molecule has 20 heavy (non-hydrogen) atoms. The van der Waals surface area contributed by atoms with E-state index in [1.807, 2.05) is 0 Å². The van der Waals surface area contributed by atoms with Gasteiger partial charge in [0, 0.05) is 18.4 Å². The van der Waals surface area contributed by atoms with E-state index in [0.29, 0.717) is 18.0 Å². The number of amides is 1. The summed E-state index contributed by atoms with van der Waals surface area (Å²) in [6, 6.07) is 6.02. The van der Waals surface area contributed by atoms with E-state index in [1.165, 1.54) is 18.6 Å². The summed E-state index contributed by atoms with van der Waals surface area (Å²) in [5.41, 5.74) is 0.488. The van der Waals surface area contributed by atoms with E-state index in [1.54, 1.807) is 12.1 Å². The molecule has 0 radical (unpaired) electrons. The largest absolute Gasteiger partial charge is 0.352 e. The fourth-order valence-electron chi connectivity index (χ4n) is 2.31. The van der Waals surface area contributed by atoms with Crippen molar-refractivity contribution in [1.29, 1.82) is 0 Å².